The minimum atomic E-state index is 0.00954. The zero-order chi connectivity index (χ0) is 8.27. The second-order valence-electron chi connectivity index (χ2n) is 3.95. The average Bonchev–Trinajstić information content (AvgIpc) is 2.05. The van der Waals surface area contributed by atoms with E-state index in [2.05, 4.69) is 13.8 Å². The quantitative estimate of drug-likeness (QED) is 0.651. The third kappa shape index (κ3) is 2.48. The van der Waals surface area contributed by atoms with Crippen LogP contribution in [0.5, 0.6) is 0 Å². The van der Waals surface area contributed by atoms with Crippen LogP contribution in [0.15, 0.2) is 0 Å². The molecule has 1 rings (SSSR count). The van der Waals surface area contributed by atoms with E-state index in [1.165, 1.54) is 19.3 Å². The largest absolute Gasteiger partial charge is 0.393 e. The van der Waals surface area contributed by atoms with Crippen molar-refractivity contribution >= 4 is 0 Å². The summed E-state index contributed by atoms with van der Waals surface area (Å²) in [6, 6.07) is 0. The van der Waals surface area contributed by atoms with Crippen LogP contribution >= 0.6 is 0 Å². The van der Waals surface area contributed by atoms with Crippen LogP contribution in [0.4, 0.5) is 0 Å². The Hall–Kier alpha value is -0.0400. The Bertz CT molecular complexity index is 103. The molecule has 0 aliphatic heterocycles. The molecule has 66 valence electrons. The highest BCUT2D eigenvalue weighted by Gasteiger charge is 2.22. The first-order valence-electron chi connectivity index (χ1n) is 4.92. The Balaban J connectivity index is 2.27. The molecule has 0 saturated heterocycles. The number of hydrogen-bond acceptors (Lipinski definition) is 1. The molecule has 1 saturated carbocycles. The van der Waals surface area contributed by atoms with Gasteiger partial charge in [-0.25, -0.2) is 0 Å². The topological polar surface area (TPSA) is 20.2 Å². The Labute approximate surface area is 69.8 Å². The maximum atomic E-state index is 9.28. The molecule has 0 bridgehead atoms. The van der Waals surface area contributed by atoms with Crippen molar-refractivity contribution in [3.05, 3.63) is 0 Å². The fourth-order valence-corrected chi connectivity index (χ4v) is 2.00. The van der Waals surface area contributed by atoms with Gasteiger partial charge in [0, 0.05) is 0 Å². The van der Waals surface area contributed by atoms with Crippen molar-refractivity contribution in [3.8, 4) is 0 Å². The molecular formula is C10H20O. The molecule has 0 amide bonds. The van der Waals surface area contributed by atoms with E-state index in [9.17, 15) is 5.11 Å². The second-order valence-corrected chi connectivity index (χ2v) is 3.95. The van der Waals surface area contributed by atoms with E-state index in [1.807, 2.05) is 0 Å². The summed E-state index contributed by atoms with van der Waals surface area (Å²) in [7, 11) is 0. The van der Waals surface area contributed by atoms with Gasteiger partial charge in [0.1, 0.15) is 0 Å². The molecule has 0 aromatic heterocycles. The Morgan fingerprint density at radius 2 is 1.82 bits per heavy atom. The molecule has 0 unspecified atom stereocenters. The summed E-state index contributed by atoms with van der Waals surface area (Å²) >= 11 is 0. The van der Waals surface area contributed by atoms with Gasteiger partial charge >= 0.3 is 0 Å². The summed E-state index contributed by atoms with van der Waals surface area (Å²) in [4.78, 5) is 0. The summed E-state index contributed by atoms with van der Waals surface area (Å²) in [5.74, 6) is 1.76. The van der Waals surface area contributed by atoms with Crippen molar-refractivity contribution in [1.82, 2.24) is 0 Å². The lowest BCUT2D eigenvalue weighted by molar-refractivity contribution is 0.0930. The molecule has 1 fully saturated rings. The van der Waals surface area contributed by atoms with Gasteiger partial charge in [-0.2, -0.15) is 0 Å². The average molecular weight is 156 g/mol. The second kappa shape index (κ2) is 4.10. The normalized spacial score (nSPS) is 35.2. The molecular weight excluding hydrogens is 136 g/mol. The van der Waals surface area contributed by atoms with Gasteiger partial charge in [0.15, 0.2) is 0 Å². The van der Waals surface area contributed by atoms with Gasteiger partial charge in [0.25, 0.3) is 0 Å². The highest BCUT2D eigenvalue weighted by molar-refractivity contribution is 4.74. The first kappa shape index (κ1) is 9.05. The molecule has 0 radical (unpaired) electrons. The molecule has 1 atom stereocenters. The maximum Gasteiger partial charge on any atom is 0.0540 e. The Morgan fingerprint density at radius 3 is 2.27 bits per heavy atom. The molecule has 0 aromatic carbocycles. The van der Waals surface area contributed by atoms with Gasteiger partial charge in [0.2, 0.25) is 0 Å². The predicted octanol–water partition coefficient (Wildman–Crippen LogP) is 2.58. The van der Waals surface area contributed by atoms with Crippen LogP contribution < -0.4 is 0 Å². The molecule has 1 nitrogen and oxygen atoms in total. The maximum absolute atomic E-state index is 9.28. The van der Waals surface area contributed by atoms with E-state index in [1.54, 1.807) is 0 Å². The highest BCUT2D eigenvalue weighted by atomic mass is 16.3. The van der Waals surface area contributed by atoms with Crippen molar-refractivity contribution in [2.75, 3.05) is 0 Å². The van der Waals surface area contributed by atoms with Gasteiger partial charge < -0.3 is 5.11 Å². The number of aliphatic hydroxyl groups is 1. The zero-order valence-electron chi connectivity index (χ0n) is 7.71. The highest BCUT2D eigenvalue weighted by Crippen LogP contribution is 2.31. The summed E-state index contributed by atoms with van der Waals surface area (Å²) in [6.45, 7) is 4.60. The lowest BCUT2D eigenvalue weighted by atomic mass is 9.79. The standard InChI is InChI=1S/C10H20O/c1-3-8(2)9-4-6-10(11)7-5-9/h8-11H,3-7H2,1-2H3/t8-,9?,10?/m1/s1. The van der Waals surface area contributed by atoms with Crippen LogP contribution in [0.25, 0.3) is 0 Å². The van der Waals surface area contributed by atoms with E-state index >= 15 is 0 Å². The third-order valence-electron chi connectivity index (χ3n) is 3.19. The van der Waals surface area contributed by atoms with Crippen LogP contribution in [0.3, 0.4) is 0 Å². The SMILES string of the molecule is CC[C@@H](C)C1CCC(O)CC1. The molecule has 0 heterocycles. The smallest absolute Gasteiger partial charge is 0.0540 e. The van der Waals surface area contributed by atoms with E-state index in [-0.39, 0.29) is 6.10 Å². The van der Waals surface area contributed by atoms with Crippen molar-refractivity contribution < 1.29 is 5.11 Å². The fraction of sp³-hybridized carbons (Fsp3) is 1.00. The van der Waals surface area contributed by atoms with Crippen molar-refractivity contribution in [3.63, 3.8) is 0 Å². The van der Waals surface area contributed by atoms with Gasteiger partial charge in [0.05, 0.1) is 6.10 Å². The van der Waals surface area contributed by atoms with Crippen molar-refractivity contribution in [2.45, 2.75) is 52.1 Å². The van der Waals surface area contributed by atoms with E-state index < -0.39 is 0 Å². The summed E-state index contributed by atoms with van der Waals surface area (Å²) in [5, 5.41) is 9.28. The summed E-state index contributed by atoms with van der Waals surface area (Å²) in [6.07, 6.45) is 5.87. The summed E-state index contributed by atoms with van der Waals surface area (Å²) < 4.78 is 0. The monoisotopic (exact) mass is 156 g/mol. The molecule has 0 aromatic rings. The van der Waals surface area contributed by atoms with Gasteiger partial charge in [-0.3, -0.25) is 0 Å². The van der Waals surface area contributed by atoms with Crippen LogP contribution in [0, 0.1) is 11.8 Å². The number of hydrogen-bond donors (Lipinski definition) is 1. The first-order chi connectivity index (χ1) is 5.24. The van der Waals surface area contributed by atoms with Gasteiger partial charge in [-0.1, -0.05) is 20.3 Å². The van der Waals surface area contributed by atoms with Gasteiger partial charge in [-0.15, -0.1) is 0 Å². The van der Waals surface area contributed by atoms with Crippen LogP contribution in [0.2, 0.25) is 0 Å². The van der Waals surface area contributed by atoms with E-state index in [4.69, 9.17) is 0 Å². The van der Waals surface area contributed by atoms with Crippen LogP contribution in [0.1, 0.15) is 46.0 Å². The minimum absolute atomic E-state index is 0.00954. The summed E-state index contributed by atoms with van der Waals surface area (Å²) in [5.41, 5.74) is 0. The third-order valence-corrected chi connectivity index (χ3v) is 3.19. The zero-order valence-corrected chi connectivity index (χ0v) is 7.71. The molecule has 11 heavy (non-hydrogen) atoms. The van der Waals surface area contributed by atoms with Crippen molar-refractivity contribution in [2.24, 2.45) is 11.8 Å². The van der Waals surface area contributed by atoms with E-state index in [0.717, 1.165) is 24.7 Å². The molecule has 1 aliphatic rings. The van der Waals surface area contributed by atoms with Gasteiger partial charge in [-0.05, 0) is 37.5 Å². The van der Waals surface area contributed by atoms with E-state index in [0.29, 0.717) is 0 Å². The predicted molar refractivity (Wildman–Crippen MR) is 47.4 cm³/mol. The van der Waals surface area contributed by atoms with Crippen LogP contribution in [-0.2, 0) is 0 Å². The first-order valence-corrected chi connectivity index (χ1v) is 4.92. The number of rotatable bonds is 2. The minimum Gasteiger partial charge on any atom is -0.393 e. The lowest BCUT2D eigenvalue weighted by Gasteiger charge is -2.29. The van der Waals surface area contributed by atoms with Crippen molar-refractivity contribution in [1.29, 1.82) is 0 Å². The lowest BCUT2D eigenvalue weighted by Crippen LogP contribution is -2.22. The Morgan fingerprint density at radius 1 is 1.27 bits per heavy atom. The molecule has 0 spiro atoms. The Kier molecular flexibility index (Phi) is 3.38. The molecule has 1 N–H and O–H groups in total. The fourth-order valence-electron chi connectivity index (χ4n) is 2.00. The number of aliphatic hydroxyl groups excluding tert-OH is 1. The molecule has 1 heteroatoms. The molecule has 1 aliphatic carbocycles. The van der Waals surface area contributed by atoms with Crippen LogP contribution in [-0.4, -0.2) is 11.2 Å².